The zero-order valence-electron chi connectivity index (χ0n) is 12.4. The molecule has 0 unspecified atom stereocenters. The minimum Gasteiger partial charge on any atom is -0.361 e. The van der Waals surface area contributed by atoms with Crippen molar-refractivity contribution in [1.29, 1.82) is 0 Å². The Kier molecular flexibility index (Phi) is 3.46. The molecule has 2 saturated carbocycles. The van der Waals surface area contributed by atoms with Gasteiger partial charge in [0.05, 0.1) is 0 Å². The predicted octanol–water partition coefficient (Wildman–Crippen LogP) is 4.33. The summed E-state index contributed by atoms with van der Waals surface area (Å²) in [5, 5.41) is 4.82. The normalized spacial score (nSPS) is 26.3. The molecule has 112 valence electrons. The molecule has 2 aliphatic carbocycles. The molecule has 3 heteroatoms. The third kappa shape index (κ3) is 2.71. The van der Waals surface area contributed by atoms with Gasteiger partial charge in [-0.25, -0.2) is 4.39 Å². The Morgan fingerprint density at radius 1 is 1.19 bits per heavy atom. The van der Waals surface area contributed by atoms with Crippen molar-refractivity contribution in [2.75, 3.05) is 6.54 Å². The summed E-state index contributed by atoms with van der Waals surface area (Å²) < 4.78 is 13.4. The average Bonchev–Trinajstić information content (AvgIpc) is 3.17. The van der Waals surface area contributed by atoms with Crippen LogP contribution in [0.15, 0.2) is 24.4 Å². The second kappa shape index (κ2) is 5.45. The first kappa shape index (κ1) is 13.3. The van der Waals surface area contributed by atoms with Crippen LogP contribution in [-0.4, -0.2) is 17.6 Å². The van der Waals surface area contributed by atoms with Gasteiger partial charge in [-0.1, -0.05) is 19.3 Å². The first-order valence-corrected chi connectivity index (χ1v) is 8.31. The van der Waals surface area contributed by atoms with Crippen LogP contribution in [0, 0.1) is 11.7 Å². The number of aromatic nitrogens is 1. The molecular formula is C18H23FN2. The van der Waals surface area contributed by atoms with Crippen LogP contribution in [-0.2, 0) is 0 Å². The standard InChI is InChI=1S/C18H23FN2/c19-13-6-7-18-16(9-13)17(11-21-18)15-8-12(15)10-20-14-4-2-1-3-5-14/h6-7,9,11-12,14-15,20-21H,1-5,8,10H2/t12-,15+/m0/s1. The molecule has 2 fully saturated rings. The maximum Gasteiger partial charge on any atom is 0.123 e. The van der Waals surface area contributed by atoms with E-state index in [4.69, 9.17) is 0 Å². The second-order valence-corrected chi connectivity index (χ2v) is 6.78. The molecule has 2 atom stereocenters. The maximum atomic E-state index is 13.4. The van der Waals surface area contributed by atoms with E-state index in [1.807, 2.05) is 6.07 Å². The number of H-pyrrole nitrogens is 1. The highest BCUT2D eigenvalue weighted by atomic mass is 19.1. The number of hydrogen-bond acceptors (Lipinski definition) is 1. The maximum absolute atomic E-state index is 13.4. The van der Waals surface area contributed by atoms with Gasteiger partial charge < -0.3 is 10.3 Å². The largest absolute Gasteiger partial charge is 0.361 e. The molecule has 2 nitrogen and oxygen atoms in total. The van der Waals surface area contributed by atoms with Crippen LogP contribution in [0.3, 0.4) is 0 Å². The summed E-state index contributed by atoms with van der Waals surface area (Å²) in [6, 6.07) is 5.77. The summed E-state index contributed by atoms with van der Waals surface area (Å²) in [6.45, 7) is 1.12. The van der Waals surface area contributed by atoms with Crippen molar-refractivity contribution >= 4 is 10.9 Å². The molecule has 2 aliphatic rings. The number of rotatable bonds is 4. The second-order valence-electron chi connectivity index (χ2n) is 6.78. The third-order valence-electron chi connectivity index (χ3n) is 5.27. The fourth-order valence-corrected chi connectivity index (χ4v) is 3.90. The molecule has 0 aliphatic heterocycles. The van der Waals surface area contributed by atoms with Crippen molar-refractivity contribution < 1.29 is 4.39 Å². The lowest BCUT2D eigenvalue weighted by Crippen LogP contribution is -2.32. The summed E-state index contributed by atoms with van der Waals surface area (Å²) >= 11 is 0. The van der Waals surface area contributed by atoms with E-state index in [0.717, 1.165) is 29.4 Å². The predicted molar refractivity (Wildman–Crippen MR) is 84.0 cm³/mol. The van der Waals surface area contributed by atoms with Crippen molar-refractivity contribution in [3.63, 3.8) is 0 Å². The van der Waals surface area contributed by atoms with Crippen molar-refractivity contribution in [2.45, 2.75) is 50.5 Å². The van der Waals surface area contributed by atoms with E-state index in [-0.39, 0.29) is 5.82 Å². The third-order valence-corrected chi connectivity index (χ3v) is 5.27. The monoisotopic (exact) mass is 286 g/mol. The summed E-state index contributed by atoms with van der Waals surface area (Å²) in [7, 11) is 0. The molecule has 0 radical (unpaired) electrons. The minimum atomic E-state index is -0.138. The van der Waals surface area contributed by atoms with E-state index in [9.17, 15) is 4.39 Å². The SMILES string of the molecule is Fc1ccc2[nH]cc([C@@H]3C[C@H]3CNC3CCCCC3)c2c1. The lowest BCUT2D eigenvalue weighted by molar-refractivity contribution is 0.368. The van der Waals surface area contributed by atoms with Gasteiger partial charge >= 0.3 is 0 Å². The topological polar surface area (TPSA) is 27.8 Å². The van der Waals surface area contributed by atoms with Crippen LogP contribution < -0.4 is 5.32 Å². The van der Waals surface area contributed by atoms with Gasteiger partial charge in [0.1, 0.15) is 5.82 Å². The van der Waals surface area contributed by atoms with Crippen LogP contribution in [0.5, 0.6) is 0 Å². The molecule has 2 aromatic rings. The van der Waals surface area contributed by atoms with Crippen molar-refractivity contribution in [3.05, 3.63) is 35.8 Å². The lowest BCUT2D eigenvalue weighted by Gasteiger charge is -2.22. The summed E-state index contributed by atoms with van der Waals surface area (Å²) in [4.78, 5) is 3.28. The average molecular weight is 286 g/mol. The summed E-state index contributed by atoms with van der Waals surface area (Å²) in [6.07, 6.45) is 10.2. The van der Waals surface area contributed by atoms with Crippen LogP contribution in [0.25, 0.3) is 10.9 Å². The first-order chi connectivity index (χ1) is 10.3. The molecule has 2 N–H and O–H groups in total. The molecule has 0 bridgehead atoms. The number of aromatic amines is 1. The molecule has 4 rings (SSSR count). The van der Waals surface area contributed by atoms with Gasteiger partial charge in [-0.3, -0.25) is 0 Å². The Morgan fingerprint density at radius 3 is 2.90 bits per heavy atom. The number of hydrogen-bond donors (Lipinski definition) is 2. The van der Waals surface area contributed by atoms with Gasteiger partial charge in [0.25, 0.3) is 0 Å². The lowest BCUT2D eigenvalue weighted by atomic mass is 9.95. The van der Waals surface area contributed by atoms with Gasteiger partial charge in [-0.15, -0.1) is 0 Å². The van der Waals surface area contributed by atoms with E-state index < -0.39 is 0 Å². The molecule has 0 amide bonds. The number of fused-ring (bicyclic) bond motifs is 1. The molecule has 1 aromatic heterocycles. The van der Waals surface area contributed by atoms with Crippen molar-refractivity contribution in [2.24, 2.45) is 5.92 Å². The highest BCUT2D eigenvalue weighted by molar-refractivity contribution is 5.84. The first-order valence-electron chi connectivity index (χ1n) is 8.31. The van der Waals surface area contributed by atoms with Gasteiger partial charge in [0.15, 0.2) is 0 Å². The number of halogens is 1. The quantitative estimate of drug-likeness (QED) is 0.860. The van der Waals surface area contributed by atoms with E-state index in [1.54, 1.807) is 6.07 Å². The van der Waals surface area contributed by atoms with Gasteiger partial charge in [-0.05, 0) is 61.4 Å². The van der Waals surface area contributed by atoms with E-state index in [1.165, 1.54) is 50.2 Å². The van der Waals surface area contributed by atoms with Gasteiger partial charge in [0.2, 0.25) is 0 Å². The summed E-state index contributed by atoms with van der Waals surface area (Å²) in [5.74, 6) is 1.20. The zero-order chi connectivity index (χ0) is 14.2. The van der Waals surface area contributed by atoms with Crippen molar-refractivity contribution in [3.8, 4) is 0 Å². The summed E-state index contributed by atoms with van der Waals surface area (Å²) in [5.41, 5.74) is 2.36. The van der Waals surface area contributed by atoms with Crippen LogP contribution in [0.1, 0.15) is 50.0 Å². The molecule has 0 spiro atoms. The number of benzene rings is 1. The molecule has 0 saturated heterocycles. The fourth-order valence-electron chi connectivity index (χ4n) is 3.90. The number of nitrogens with one attached hydrogen (secondary N) is 2. The zero-order valence-corrected chi connectivity index (χ0v) is 12.4. The Balaban J connectivity index is 1.40. The van der Waals surface area contributed by atoms with Crippen LogP contribution >= 0.6 is 0 Å². The smallest absolute Gasteiger partial charge is 0.123 e. The highest BCUT2D eigenvalue weighted by Gasteiger charge is 2.39. The van der Waals surface area contributed by atoms with Crippen LogP contribution in [0.2, 0.25) is 0 Å². The van der Waals surface area contributed by atoms with Gasteiger partial charge in [0, 0.05) is 23.1 Å². The van der Waals surface area contributed by atoms with Gasteiger partial charge in [-0.2, -0.15) is 0 Å². The Morgan fingerprint density at radius 2 is 2.05 bits per heavy atom. The molecule has 21 heavy (non-hydrogen) atoms. The Bertz CT molecular complexity index is 627. The van der Waals surface area contributed by atoms with Crippen LogP contribution in [0.4, 0.5) is 4.39 Å². The van der Waals surface area contributed by atoms with E-state index >= 15 is 0 Å². The highest BCUT2D eigenvalue weighted by Crippen LogP contribution is 2.49. The van der Waals surface area contributed by atoms with E-state index in [0.29, 0.717) is 5.92 Å². The molecular weight excluding hydrogens is 263 g/mol. The van der Waals surface area contributed by atoms with E-state index in [2.05, 4.69) is 16.5 Å². The Labute approximate surface area is 125 Å². The molecule has 1 heterocycles. The van der Waals surface area contributed by atoms with Crippen molar-refractivity contribution in [1.82, 2.24) is 10.3 Å². The Hall–Kier alpha value is -1.35. The fraction of sp³-hybridized carbons (Fsp3) is 0.556. The molecule has 1 aromatic carbocycles. The minimum absolute atomic E-state index is 0.138.